The van der Waals surface area contributed by atoms with Crippen LogP contribution in [0.4, 0.5) is 14.9 Å². The van der Waals surface area contributed by atoms with Crippen LogP contribution in [0.2, 0.25) is 0 Å². The number of halogens is 1. The zero-order valence-corrected chi connectivity index (χ0v) is 23.5. The number of imide groups is 1. The molecular formula is C35H29FN4O3. The first kappa shape index (κ1) is 26.6. The van der Waals surface area contributed by atoms with E-state index in [9.17, 15) is 18.8 Å². The van der Waals surface area contributed by atoms with E-state index in [2.05, 4.69) is 10.3 Å². The molecular weight excluding hydrogens is 543 g/mol. The molecule has 7 rings (SSSR count). The number of hydrogen-bond acceptors (Lipinski definition) is 3. The first-order valence-electron chi connectivity index (χ1n) is 14.3. The second-order valence-corrected chi connectivity index (χ2v) is 11.1. The minimum atomic E-state index is -0.722. The van der Waals surface area contributed by atoms with E-state index in [1.807, 2.05) is 55.5 Å². The van der Waals surface area contributed by atoms with Crippen LogP contribution in [-0.2, 0) is 17.6 Å². The lowest BCUT2D eigenvalue weighted by atomic mass is 9.88. The number of para-hydroxylation sites is 2. The highest BCUT2D eigenvalue weighted by molar-refractivity contribution is 6.24. The summed E-state index contributed by atoms with van der Waals surface area (Å²) in [6.45, 7) is 2.32. The van der Waals surface area contributed by atoms with Crippen LogP contribution in [0.1, 0.15) is 44.3 Å². The largest absolute Gasteiger partial charge is 0.356 e. The Morgan fingerprint density at radius 1 is 0.930 bits per heavy atom. The maximum Gasteiger partial charge on any atom is 0.332 e. The van der Waals surface area contributed by atoms with E-state index in [4.69, 9.17) is 0 Å². The van der Waals surface area contributed by atoms with Crippen LogP contribution in [0.15, 0.2) is 97.1 Å². The Kier molecular flexibility index (Phi) is 6.54. The van der Waals surface area contributed by atoms with Gasteiger partial charge in [0, 0.05) is 29.6 Å². The number of nitrogens with zero attached hydrogens (tertiary/aromatic N) is 2. The van der Waals surface area contributed by atoms with E-state index in [0.717, 1.165) is 43.8 Å². The van der Waals surface area contributed by atoms with Crippen LogP contribution >= 0.6 is 0 Å². The van der Waals surface area contributed by atoms with Gasteiger partial charge in [-0.25, -0.2) is 14.1 Å². The van der Waals surface area contributed by atoms with Crippen LogP contribution in [0.5, 0.6) is 0 Å². The number of fused-ring (bicyclic) bond motifs is 4. The number of aromatic amines is 1. The summed E-state index contributed by atoms with van der Waals surface area (Å²) in [5, 5.41) is 3.92. The lowest BCUT2D eigenvalue weighted by molar-refractivity contribution is -0.120. The molecule has 0 radical (unpaired) electrons. The maximum absolute atomic E-state index is 14.3. The fourth-order valence-electron chi connectivity index (χ4n) is 6.32. The molecule has 4 amide bonds. The maximum atomic E-state index is 14.3. The predicted molar refractivity (Wildman–Crippen MR) is 162 cm³/mol. The minimum absolute atomic E-state index is 0.235. The molecule has 0 saturated carbocycles. The molecule has 3 heterocycles. The second kappa shape index (κ2) is 10.5. The SMILES string of the molecule is Cc1ccc([C@H]2c3[nH]c4ccccc4c3C[C@H]3C(=O)N(c4ccccc4C(=O)NCCc4ccc(F)cc4)C(=O)N23)cc1. The number of carbonyl (C=O) groups is 3. The van der Waals surface area contributed by atoms with Gasteiger partial charge in [-0.15, -0.1) is 0 Å². The molecule has 8 heteroatoms. The van der Waals surface area contributed by atoms with Gasteiger partial charge in [0.1, 0.15) is 17.9 Å². The number of aromatic nitrogens is 1. The Labute approximate surface area is 247 Å². The first-order chi connectivity index (χ1) is 20.9. The number of anilines is 1. The molecule has 2 aliphatic rings. The average molecular weight is 573 g/mol. The molecule has 2 atom stereocenters. The molecule has 7 nitrogen and oxygen atoms in total. The van der Waals surface area contributed by atoms with Crippen molar-refractivity contribution in [2.45, 2.75) is 31.8 Å². The number of benzene rings is 4. The fourth-order valence-corrected chi connectivity index (χ4v) is 6.32. The second-order valence-electron chi connectivity index (χ2n) is 11.1. The van der Waals surface area contributed by atoms with Gasteiger partial charge in [-0.1, -0.05) is 72.3 Å². The van der Waals surface area contributed by atoms with Crippen molar-refractivity contribution in [2.75, 3.05) is 11.4 Å². The van der Waals surface area contributed by atoms with E-state index in [1.165, 1.54) is 12.1 Å². The normalized spacial score (nSPS) is 17.7. The van der Waals surface area contributed by atoms with Crippen molar-refractivity contribution in [2.24, 2.45) is 0 Å². The number of amides is 4. The molecule has 0 spiro atoms. The molecule has 5 aromatic rings. The summed E-state index contributed by atoms with van der Waals surface area (Å²) < 4.78 is 13.3. The van der Waals surface area contributed by atoms with Gasteiger partial charge >= 0.3 is 6.03 Å². The van der Waals surface area contributed by atoms with E-state index >= 15 is 0 Å². The molecule has 214 valence electrons. The van der Waals surface area contributed by atoms with Crippen molar-refractivity contribution in [1.82, 2.24) is 15.2 Å². The molecule has 1 saturated heterocycles. The smallest absolute Gasteiger partial charge is 0.332 e. The van der Waals surface area contributed by atoms with Gasteiger partial charge in [0.2, 0.25) is 0 Å². The van der Waals surface area contributed by atoms with Crippen LogP contribution in [-0.4, -0.2) is 40.3 Å². The Balaban J connectivity index is 1.23. The molecule has 2 aliphatic heterocycles. The predicted octanol–water partition coefficient (Wildman–Crippen LogP) is 6.07. The van der Waals surface area contributed by atoms with Crippen molar-refractivity contribution in [1.29, 1.82) is 0 Å². The number of carbonyl (C=O) groups excluding carboxylic acids is 3. The molecule has 4 aromatic carbocycles. The monoisotopic (exact) mass is 572 g/mol. The third-order valence-corrected chi connectivity index (χ3v) is 8.44. The van der Waals surface area contributed by atoms with Crippen LogP contribution in [0.25, 0.3) is 10.9 Å². The van der Waals surface area contributed by atoms with Gasteiger partial charge < -0.3 is 10.3 Å². The Morgan fingerprint density at radius 3 is 2.44 bits per heavy atom. The number of H-pyrrole nitrogens is 1. The van der Waals surface area contributed by atoms with Crippen molar-refractivity contribution in [3.05, 3.63) is 136 Å². The molecule has 1 aromatic heterocycles. The molecule has 0 aliphatic carbocycles. The summed E-state index contributed by atoms with van der Waals surface area (Å²) in [6.07, 6.45) is 0.879. The van der Waals surface area contributed by atoms with Crippen molar-refractivity contribution in [3.8, 4) is 0 Å². The summed E-state index contributed by atoms with van der Waals surface area (Å²) in [5.74, 6) is -1.07. The van der Waals surface area contributed by atoms with E-state index in [0.29, 0.717) is 19.4 Å². The van der Waals surface area contributed by atoms with E-state index in [1.54, 1.807) is 41.3 Å². The van der Waals surface area contributed by atoms with Gasteiger partial charge in [-0.05, 0) is 60.4 Å². The average Bonchev–Trinajstić information content (AvgIpc) is 3.51. The highest BCUT2D eigenvalue weighted by Crippen LogP contribution is 2.45. The third-order valence-electron chi connectivity index (χ3n) is 8.44. The minimum Gasteiger partial charge on any atom is -0.356 e. The quantitative estimate of drug-likeness (QED) is 0.242. The van der Waals surface area contributed by atoms with Gasteiger partial charge in [0.25, 0.3) is 11.8 Å². The summed E-state index contributed by atoms with van der Waals surface area (Å²) >= 11 is 0. The van der Waals surface area contributed by atoms with Gasteiger partial charge in [-0.2, -0.15) is 0 Å². The van der Waals surface area contributed by atoms with E-state index < -0.39 is 24.0 Å². The van der Waals surface area contributed by atoms with Gasteiger partial charge in [0.05, 0.1) is 11.3 Å². The number of urea groups is 1. The zero-order chi connectivity index (χ0) is 29.7. The molecule has 2 N–H and O–H groups in total. The van der Waals surface area contributed by atoms with Crippen LogP contribution in [0.3, 0.4) is 0 Å². The lowest BCUT2D eigenvalue weighted by Crippen LogP contribution is -2.44. The van der Waals surface area contributed by atoms with Gasteiger partial charge in [0.15, 0.2) is 0 Å². The lowest BCUT2D eigenvalue weighted by Gasteiger charge is -2.36. The summed E-state index contributed by atoms with van der Waals surface area (Å²) in [7, 11) is 0. The van der Waals surface area contributed by atoms with Crippen LogP contribution < -0.4 is 10.2 Å². The number of nitrogens with one attached hydrogen (secondary N) is 2. The Morgan fingerprint density at radius 2 is 1.65 bits per heavy atom. The highest BCUT2D eigenvalue weighted by atomic mass is 19.1. The van der Waals surface area contributed by atoms with Crippen molar-refractivity contribution < 1.29 is 18.8 Å². The van der Waals surface area contributed by atoms with Gasteiger partial charge in [-0.3, -0.25) is 14.5 Å². The summed E-state index contributed by atoms with van der Waals surface area (Å²) in [4.78, 5) is 48.1. The van der Waals surface area contributed by atoms with Crippen molar-refractivity contribution >= 4 is 34.4 Å². The topological polar surface area (TPSA) is 85.5 Å². The first-order valence-corrected chi connectivity index (χ1v) is 14.3. The summed E-state index contributed by atoms with van der Waals surface area (Å²) in [5.41, 5.74) is 6.25. The fraction of sp³-hybridized carbons (Fsp3) is 0.171. The molecule has 0 bridgehead atoms. The summed E-state index contributed by atoms with van der Waals surface area (Å²) in [6, 6.07) is 27.1. The highest BCUT2D eigenvalue weighted by Gasteiger charge is 2.53. The number of aryl methyl sites for hydroxylation is 1. The molecule has 0 unspecified atom stereocenters. The number of hydrogen-bond donors (Lipinski definition) is 2. The van der Waals surface area contributed by atoms with Crippen molar-refractivity contribution in [3.63, 3.8) is 0 Å². The molecule has 1 fully saturated rings. The standard InChI is InChI=1S/C35H29FN4O3/c1-21-10-14-23(15-11-21)32-31-27(25-6-2-4-8-28(25)38-31)20-30-34(42)40(35(43)39(30)32)29-9-5-3-7-26(29)33(41)37-19-18-22-12-16-24(36)17-13-22/h2-17,30,32,38H,18-20H2,1H3,(H,37,41)/t30-,32-/m0/s1. The third kappa shape index (κ3) is 4.55. The Hall–Kier alpha value is -5.24. The Bertz CT molecular complexity index is 1880. The number of rotatable bonds is 6. The van der Waals surface area contributed by atoms with Crippen LogP contribution in [0, 0.1) is 12.7 Å². The molecule has 43 heavy (non-hydrogen) atoms. The van der Waals surface area contributed by atoms with E-state index in [-0.39, 0.29) is 23.0 Å². The zero-order valence-electron chi connectivity index (χ0n) is 23.5.